The Hall–Kier alpha value is -4.15. The van der Waals surface area contributed by atoms with Crippen LogP contribution < -0.4 is 10.1 Å². The van der Waals surface area contributed by atoms with Crippen LogP contribution in [0.4, 0.5) is 10.8 Å². The Labute approximate surface area is 192 Å². The van der Waals surface area contributed by atoms with E-state index in [1.807, 2.05) is 0 Å². The molecule has 0 unspecified atom stereocenters. The number of hydrogen-bond donors (Lipinski definition) is 1. The normalized spacial score (nSPS) is 11.5. The Balaban J connectivity index is 1.67. The number of amides is 1. The second kappa shape index (κ2) is 9.98. The fourth-order valence-corrected chi connectivity index (χ4v) is 4.03. The molecule has 2 aromatic carbocycles. The zero-order valence-electron chi connectivity index (χ0n) is 17.0. The van der Waals surface area contributed by atoms with Gasteiger partial charge in [0.25, 0.3) is 11.6 Å². The zero-order valence-corrected chi connectivity index (χ0v) is 18.6. The summed E-state index contributed by atoms with van der Waals surface area (Å²) in [4.78, 5) is 22.9. The van der Waals surface area contributed by atoms with Crippen LogP contribution >= 0.6 is 11.3 Å². The van der Waals surface area contributed by atoms with Gasteiger partial charge in [0.1, 0.15) is 24.0 Å². The van der Waals surface area contributed by atoms with Gasteiger partial charge in [0.2, 0.25) is 19.3 Å². The molecule has 13 heteroatoms. The maximum Gasteiger partial charge on any atom is 0.276 e. The lowest BCUT2D eigenvalue weighted by Gasteiger charge is -2.07. The van der Waals surface area contributed by atoms with E-state index in [-0.39, 0.29) is 27.3 Å². The van der Waals surface area contributed by atoms with E-state index in [2.05, 4.69) is 15.5 Å². The molecule has 3 aromatic rings. The lowest BCUT2D eigenvalue weighted by atomic mass is 10.1. The Morgan fingerprint density at radius 2 is 1.94 bits per heavy atom. The van der Waals surface area contributed by atoms with Crippen LogP contribution in [0.5, 0.6) is 5.75 Å². The molecule has 0 fully saturated rings. The Morgan fingerprint density at radius 1 is 1.24 bits per heavy atom. The second-order valence-electron chi connectivity index (χ2n) is 6.51. The van der Waals surface area contributed by atoms with Crippen molar-refractivity contribution in [2.75, 3.05) is 11.6 Å². The van der Waals surface area contributed by atoms with Crippen molar-refractivity contribution in [3.8, 4) is 11.8 Å². The Morgan fingerprint density at radius 3 is 2.55 bits per heavy atom. The number of nitrogens with zero attached hydrogens (tertiary/aromatic N) is 4. The molecule has 0 bridgehead atoms. The first-order chi connectivity index (χ1) is 15.7. The number of para-hydroxylation sites is 1. The van der Waals surface area contributed by atoms with Crippen molar-refractivity contribution in [2.45, 2.75) is 10.9 Å². The molecule has 0 radical (unpaired) electrons. The van der Waals surface area contributed by atoms with Gasteiger partial charge < -0.3 is 4.74 Å². The number of aromatic nitrogens is 2. The molecule has 1 N–H and O–H groups in total. The molecule has 3 rings (SSSR count). The molecule has 0 saturated heterocycles. The van der Waals surface area contributed by atoms with E-state index in [0.717, 1.165) is 6.26 Å². The van der Waals surface area contributed by atoms with Gasteiger partial charge in [-0.2, -0.15) is 5.26 Å². The Kier molecular flexibility index (Phi) is 7.11. The minimum Gasteiger partial charge on any atom is -0.489 e. The molecule has 0 aliphatic heterocycles. The number of nitrogens with one attached hydrogen (secondary N) is 1. The van der Waals surface area contributed by atoms with Gasteiger partial charge >= 0.3 is 0 Å². The van der Waals surface area contributed by atoms with Crippen LogP contribution in [0.15, 0.2) is 58.4 Å². The predicted molar refractivity (Wildman–Crippen MR) is 119 cm³/mol. The van der Waals surface area contributed by atoms with Crippen LogP contribution in [-0.4, -0.2) is 35.7 Å². The lowest BCUT2D eigenvalue weighted by molar-refractivity contribution is -0.385. The third-order valence-electron chi connectivity index (χ3n) is 4.08. The minimum atomic E-state index is -3.56. The van der Waals surface area contributed by atoms with Crippen LogP contribution in [0.2, 0.25) is 0 Å². The van der Waals surface area contributed by atoms with E-state index in [0.29, 0.717) is 28.2 Å². The topological polar surface area (TPSA) is 165 Å². The van der Waals surface area contributed by atoms with E-state index in [1.54, 1.807) is 48.5 Å². The largest absolute Gasteiger partial charge is 0.489 e. The SMILES string of the molecule is CS(=O)(=O)c1nnc(NC(=O)/C(C#N)=C\c2ccc(OCc3ccccc3[N+](=O)[O-])cc2)s1. The molecule has 0 saturated carbocycles. The summed E-state index contributed by atoms with van der Waals surface area (Å²) in [6.07, 6.45) is 2.30. The summed E-state index contributed by atoms with van der Waals surface area (Å²) in [5.74, 6) is -0.333. The molecule has 1 heterocycles. The van der Waals surface area contributed by atoms with Crippen molar-refractivity contribution in [2.24, 2.45) is 0 Å². The number of carbonyl (C=O) groups excluding carboxylic acids is 1. The van der Waals surface area contributed by atoms with Crippen molar-refractivity contribution in [1.29, 1.82) is 5.26 Å². The number of carbonyl (C=O) groups is 1. The third kappa shape index (κ3) is 6.19. The van der Waals surface area contributed by atoms with Gasteiger partial charge in [0.05, 0.1) is 10.5 Å². The van der Waals surface area contributed by atoms with Crippen LogP contribution in [0.3, 0.4) is 0 Å². The van der Waals surface area contributed by atoms with E-state index >= 15 is 0 Å². The van der Waals surface area contributed by atoms with Crippen LogP contribution in [-0.2, 0) is 21.2 Å². The molecular formula is C20H15N5O6S2. The van der Waals surface area contributed by atoms with E-state index in [9.17, 15) is 28.6 Å². The molecule has 1 aromatic heterocycles. The van der Waals surface area contributed by atoms with Crippen molar-refractivity contribution >= 4 is 44.0 Å². The fourth-order valence-electron chi connectivity index (χ4n) is 2.52. The summed E-state index contributed by atoms with van der Waals surface area (Å²) in [6, 6.07) is 14.4. The first kappa shape index (κ1) is 23.5. The van der Waals surface area contributed by atoms with E-state index in [4.69, 9.17) is 4.74 Å². The standard InChI is InChI=1S/C20H15N5O6S2/c1-33(29,30)20-24-23-19(32-20)22-18(26)15(11-21)10-13-6-8-16(9-7-13)31-12-14-4-2-3-5-17(14)25(27)28/h2-10H,12H2,1H3,(H,22,23,26)/b15-10-. The maximum atomic E-state index is 12.3. The molecular weight excluding hydrogens is 470 g/mol. The monoisotopic (exact) mass is 485 g/mol. The Bertz CT molecular complexity index is 1370. The van der Waals surface area contributed by atoms with Crippen molar-refractivity contribution in [1.82, 2.24) is 10.2 Å². The molecule has 0 atom stereocenters. The zero-order chi connectivity index (χ0) is 24.0. The average molecular weight is 486 g/mol. The number of anilines is 1. The van der Waals surface area contributed by atoms with Crippen molar-refractivity contribution in [3.05, 3.63) is 75.3 Å². The van der Waals surface area contributed by atoms with Gasteiger partial charge in [0.15, 0.2) is 0 Å². The summed E-state index contributed by atoms with van der Waals surface area (Å²) in [7, 11) is -3.56. The molecule has 168 valence electrons. The summed E-state index contributed by atoms with van der Waals surface area (Å²) >= 11 is 0.673. The first-order valence-corrected chi connectivity index (χ1v) is 11.8. The molecule has 0 aliphatic carbocycles. The first-order valence-electron chi connectivity index (χ1n) is 9.09. The average Bonchev–Trinajstić information content (AvgIpc) is 3.26. The molecule has 33 heavy (non-hydrogen) atoms. The van der Waals surface area contributed by atoms with Gasteiger partial charge in [-0.3, -0.25) is 20.2 Å². The van der Waals surface area contributed by atoms with Gasteiger partial charge in [-0.05, 0) is 29.8 Å². The van der Waals surface area contributed by atoms with Gasteiger partial charge in [0, 0.05) is 12.3 Å². The highest BCUT2D eigenvalue weighted by atomic mass is 32.2. The van der Waals surface area contributed by atoms with Crippen LogP contribution in [0.1, 0.15) is 11.1 Å². The van der Waals surface area contributed by atoms with E-state index in [1.165, 1.54) is 12.1 Å². The highest BCUT2D eigenvalue weighted by molar-refractivity contribution is 7.92. The smallest absolute Gasteiger partial charge is 0.276 e. The molecule has 0 aliphatic rings. The predicted octanol–water partition coefficient (Wildman–Crippen LogP) is 2.97. The quantitative estimate of drug-likeness (QED) is 0.166. The van der Waals surface area contributed by atoms with Gasteiger partial charge in [-0.1, -0.05) is 35.6 Å². The highest BCUT2D eigenvalue weighted by Crippen LogP contribution is 2.22. The highest BCUT2D eigenvalue weighted by Gasteiger charge is 2.17. The number of sulfone groups is 1. The summed E-state index contributed by atoms with van der Waals surface area (Å²) in [5.41, 5.74) is 0.667. The summed E-state index contributed by atoms with van der Waals surface area (Å²) in [6.45, 7) is -0.00446. The lowest BCUT2D eigenvalue weighted by Crippen LogP contribution is -2.13. The molecule has 0 spiro atoms. The number of hydrogen-bond acceptors (Lipinski definition) is 10. The van der Waals surface area contributed by atoms with Crippen molar-refractivity contribution < 1.29 is 22.9 Å². The number of nitriles is 1. The number of nitro groups is 1. The van der Waals surface area contributed by atoms with Crippen LogP contribution in [0.25, 0.3) is 6.08 Å². The minimum absolute atomic E-state index is 0.00446. The number of nitro benzene ring substituents is 1. The summed E-state index contributed by atoms with van der Waals surface area (Å²) < 4.78 is 28.3. The molecule has 1 amide bonds. The van der Waals surface area contributed by atoms with E-state index < -0.39 is 20.7 Å². The van der Waals surface area contributed by atoms with Gasteiger partial charge in [-0.25, -0.2) is 8.42 Å². The fraction of sp³-hybridized carbons (Fsp3) is 0.100. The van der Waals surface area contributed by atoms with Crippen LogP contribution in [0, 0.1) is 21.4 Å². The summed E-state index contributed by atoms with van der Waals surface area (Å²) in [5, 5.41) is 29.7. The second-order valence-corrected chi connectivity index (χ2v) is 9.68. The number of benzene rings is 2. The van der Waals surface area contributed by atoms with Crippen molar-refractivity contribution in [3.63, 3.8) is 0 Å². The number of ether oxygens (including phenoxy) is 1. The third-order valence-corrected chi connectivity index (χ3v) is 6.59. The number of rotatable bonds is 8. The van der Waals surface area contributed by atoms with Gasteiger partial charge in [-0.15, -0.1) is 10.2 Å². The maximum absolute atomic E-state index is 12.3. The molecule has 11 nitrogen and oxygen atoms in total.